The van der Waals surface area contributed by atoms with Crippen LogP contribution < -0.4 is 0 Å². The van der Waals surface area contributed by atoms with Crippen LogP contribution in [0.1, 0.15) is 0 Å². The van der Waals surface area contributed by atoms with E-state index in [9.17, 15) is 0 Å². The highest BCUT2D eigenvalue weighted by Crippen LogP contribution is 2.38. The third-order valence-corrected chi connectivity index (χ3v) is 9.25. The van der Waals surface area contributed by atoms with Crippen molar-refractivity contribution < 1.29 is 0 Å². The van der Waals surface area contributed by atoms with Crippen molar-refractivity contribution >= 4 is 21.8 Å². The molecule has 9 rings (SSSR count). The molecule has 0 amide bonds. The highest BCUT2D eigenvalue weighted by Gasteiger charge is 2.16. The van der Waals surface area contributed by atoms with E-state index in [4.69, 9.17) is 9.97 Å². The molecule has 0 spiro atoms. The zero-order valence-corrected chi connectivity index (χ0v) is 26.7. The molecule has 9 aromatic rings. The van der Waals surface area contributed by atoms with E-state index in [1.165, 1.54) is 38.5 Å². The van der Waals surface area contributed by atoms with Crippen LogP contribution in [0.2, 0.25) is 0 Å². The summed E-state index contributed by atoms with van der Waals surface area (Å²) < 4.78 is 2.37. The molecule has 3 heteroatoms. The van der Waals surface area contributed by atoms with E-state index in [2.05, 4.69) is 156 Å². The Morgan fingerprint density at radius 2 is 0.816 bits per heavy atom. The highest BCUT2D eigenvalue weighted by molar-refractivity contribution is 6.10. The average Bonchev–Trinajstić information content (AvgIpc) is 3.52. The number of fused-ring (bicyclic) bond motifs is 3. The lowest BCUT2D eigenvalue weighted by atomic mass is 9.93. The number of para-hydroxylation sites is 2. The Morgan fingerprint density at radius 3 is 1.47 bits per heavy atom. The Bertz CT molecular complexity index is 2510. The molecule has 0 atom stereocenters. The summed E-state index contributed by atoms with van der Waals surface area (Å²) in [5.41, 5.74) is 13.2. The van der Waals surface area contributed by atoms with Crippen LogP contribution >= 0.6 is 0 Å². The largest absolute Gasteiger partial charge is 0.309 e. The number of nitrogens with zero attached hydrogens (tertiary/aromatic N) is 3. The second-order valence-electron chi connectivity index (χ2n) is 12.2. The zero-order chi connectivity index (χ0) is 32.6. The van der Waals surface area contributed by atoms with Gasteiger partial charge in [0.25, 0.3) is 0 Å². The predicted molar refractivity (Wildman–Crippen MR) is 204 cm³/mol. The van der Waals surface area contributed by atoms with E-state index in [1.54, 1.807) is 0 Å². The first kappa shape index (κ1) is 28.6. The van der Waals surface area contributed by atoms with Crippen LogP contribution in [0.25, 0.3) is 83.6 Å². The van der Waals surface area contributed by atoms with E-state index in [1.807, 2.05) is 36.4 Å². The molecule has 2 aromatic heterocycles. The Kier molecular flexibility index (Phi) is 7.14. The second kappa shape index (κ2) is 12.2. The molecule has 0 aliphatic heterocycles. The molecular weight excluding hydrogens is 595 g/mol. The Labute approximate surface area is 285 Å². The van der Waals surface area contributed by atoms with Crippen LogP contribution in [0.15, 0.2) is 188 Å². The summed E-state index contributed by atoms with van der Waals surface area (Å²) in [7, 11) is 0. The lowest BCUT2D eigenvalue weighted by Gasteiger charge is -2.13. The van der Waals surface area contributed by atoms with Gasteiger partial charge in [-0.05, 0) is 52.6 Å². The van der Waals surface area contributed by atoms with Crippen molar-refractivity contribution in [3.8, 4) is 61.8 Å². The molecule has 0 bridgehead atoms. The second-order valence-corrected chi connectivity index (χ2v) is 12.2. The van der Waals surface area contributed by atoms with E-state index in [0.717, 1.165) is 39.3 Å². The quantitative estimate of drug-likeness (QED) is 0.184. The Balaban J connectivity index is 1.13. The minimum absolute atomic E-state index is 0.708. The van der Waals surface area contributed by atoms with Crippen LogP contribution in [-0.2, 0) is 0 Å². The lowest BCUT2D eigenvalue weighted by molar-refractivity contribution is 1.18. The fraction of sp³-hybridized carbons (Fsp3) is 0. The number of rotatable bonds is 6. The normalized spacial score (nSPS) is 11.3. The van der Waals surface area contributed by atoms with Crippen molar-refractivity contribution in [3.05, 3.63) is 188 Å². The number of aromatic nitrogens is 3. The fourth-order valence-corrected chi connectivity index (χ4v) is 6.87. The molecule has 0 N–H and O–H groups in total. The monoisotopic (exact) mass is 625 g/mol. The van der Waals surface area contributed by atoms with Crippen molar-refractivity contribution in [2.24, 2.45) is 0 Å². The van der Waals surface area contributed by atoms with E-state index < -0.39 is 0 Å². The molecule has 0 fully saturated rings. The molecule has 0 radical (unpaired) electrons. The van der Waals surface area contributed by atoms with Crippen LogP contribution in [-0.4, -0.2) is 14.5 Å². The van der Waals surface area contributed by atoms with Gasteiger partial charge in [0.15, 0.2) is 5.82 Å². The van der Waals surface area contributed by atoms with Gasteiger partial charge in [-0.2, -0.15) is 0 Å². The summed E-state index contributed by atoms with van der Waals surface area (Å²) in [5.74, 6) is 0.708. The summed E-state index contributed by atoms with van der Waals surface area (Å²) >= 11 is 0. The van der Waals surface area contributed by atoms with Gasteiger partial charge in [-0.15, -0.1) is 0 Å². The molecule has 0 aliphatic rings. The predicted octanol–water partition coefficient (Wildman–Crippen LogP) is 11.9. The number of hydrogen-bond acceptors (Lipinski definition) is 2. The van der Waals surface area contributed by atoms with Gasteiger partial charge >= 0.3 is 0 Å². The van der Waals surface area contributed by atoms with Crippen LogP contribution in [0.3, 0.4) is 0 Å². The van der Waals surface area contributed by atoms with Gasteiger partial charge in [0, 0.05) is 33.2 Å². The first-order chi connectivity index (χ1) is 24.3. The summed E-state index contributed by atoms with van der Waals surface area (Å²) in [6.07, 6.45) is 0. The van der Waals surface area contributed by atoms with Crippen LogP contribution in [0.4, 0.5) is 0 Å². The standard InChI is InChI=1S/C46H31N3/c1-4-14-33(15-5-1)42-31-43(34-16-6-2-7-17-34)48-46(47-42)35-26-24-32(25-27-35)38-20-10-11-21-39(38)36-28-29-41-40-22-12-13-23-44(40)49(45(41)30-36)37-18-8-3-9-19-37/h1-31H. The smallest absolute Gasteiger partial charge is 0.160 e. The van der Waals surface area contributed by atoms with Gasteiger partial charge in [0.1, 0.15) is 0 Å². The molecule has 0 aliphatic carbocycles. The first-order valence-corrected chi connectivity index (χ1v) is 16.6. The molecular formula is C46H31N3. The van der Waals surface area contributed by atoms with Gasteiger partial charge in [-0.25, -0.2) is 9.97 Å². The van der Waals surface area contributed by atoms with Crippen molar-refractivity contribution in [2.45, 2.75) is 0 Å². The molecule has 0 saturated carbocycles. The maximum atomic E-state index is 5.03. The van der Waals surface area contributed by atoms with Gasteiger partial charge in [-0.3, -0.25) is 0 Å². The molecule has 0 saturated heterocycles. The molecule has 2 heterocycles. The van der Waals surface area contributed by atoms with E-state index in [-0.39, 0.29) is 0 Å². The molecule has 7 aromatic carbocycles. The van der Waals surface area contributed by atoms with Crippen molar-refractivity contribution in [2.75, 3.05) is 0 Å². The summed E-state index contributed by atoms with van der Waals surface area (Å²) in [4.78, 5) is 10.1. The molecule has 230 valence electrons. The van der Waals surface area contributed by atoms with Crippen molar-refractivity contribution in [1.82, 2.24) is 14.5 Å². The Morgan fingerprint density at radius 1 is 0.327 bits per heavy atom. The Hall–Kier alpha value is -6.58. The average molecular weight is 626 g/mol. The topological polar surface area (TPSA) is 30.7 Å². The van der Waals surface area contributed by atoms with Gasteiger partial charge in [0.2, 0.25) is 0 Å². The molecule has 0 unspecified atom stereocenters. The SMILES string of the molecule is c1ccc(-c2cc(-c3ccccc3)nc(-c3ccc(-c4ccccc4-c4ccc5c6ccccc6n(-c6ccccc6)c5c4)cc3)n2)cc1. The minimum atomic E-state index is 0.708. The number of benzene rings is 7. The van der Waals surface area contributed by atoms with Gasteiger partial charge < -0.3 is 4.57 Å². The van der Waals surface area contributed by atoms with Crippen LogP contribution in [0.5, 0.6) is 0 Å². The van der Waals surface area contributed by atoms with Crippen LogP contribution in [0, 0.1) is 0 Å². The fourth-order valence-electron chi connectivity index (χ4n) is 6.87. The van der Waals surface area contributed by atoms with Crippen molar-refractivity contribution in [1.29, 1.82) is 0 Å². The highest BCUT2D eigenvalue weighted by atomic mass is 15.0. The zero-order valence-electron chi connectivity index (χ0n) is 26.7. The van der Waals surface area contributed by atoms with Crippen molar-refractivity contribution in [3.63, 3.8) is 0 Å². The number of hydrogen-bond donors (Lipinski definition) is 0. The molecule has 3 nitrogen and oxygen atoms in total. The maximum Gasteiger partial charge on any atom is 0.160 e. The summed E-state index contributed by atoms with van der Waals surface area (Å²) in [5, 5.41) is 2.50. The lowest BCUT2D eigenvalue weighted by Crippen LogP contribution is -1.96. The maximum absolute atomic E-state index is 5.03. The summed E-state index contributed by atoms with van der Waals surface area (Å²) in [6.45, 7) is 0. The molecule has 49 heavy (non-hydrogen) atoms. The van der Waals surface area contributed by atoms with E-state index in [0.29, 0.717) is 5.82 Å². The summed E-state index contributed by atoms with van der Waals surface area (Å²) in [6, 6.07) is 66.2. The first-order valence-electron chi connectivity index (χ1n) is 16.6. The van der Waals surface area contributed by atoms with Gasteiger partial charge in [0.05, 0.1) is 22.4 Å². The minimum Gasteiger partial charge on any atom is -0.309 e. The third-order valence-electron chi connectivity index (χ3n) is 9.25. The van der Waals surface area contributed by atoms with Gasteiger partial charge in [-0.1, -0.05) is 158 Å². The van der Waals surface area contributed by atoms with E-state index >= 15 is 0 Å². The third kappa shape index (κ3) is 5.28.